The molecule has 1 unspecified atom stereocenters. The highest BCUT2D eigenvalue weighted by Crippen LogP contribution is 2.36. The molecule has 0 saturated carbocycles. The molecule has 8 nitrogen and oxygen atoms in total. The van der Waals surface area contributed by atoms with Gasteiger partial charge in [0.05, 0.1) is 12.0 Å². The van der Waals surface area contributed by atoms with Gasteiger partial charge in [-0.3, -0.25) is 4.55 Å². The fourth-order valence-corrected chi connectivity index (χ4v) is 2.84. The number of hydrogen-bond acceptors (Lipinski definition) is 7. The van der Waals surface area contributed by atoms with Gasteiger partial charge in [0.15, 0.2) is 11.5 Å². The van der Waals surface area contributed by atoms with E-state index in [1.54, 1.807) is 0 Å². The maximum absolute atomic E-state index is 9.19. The van der Waals surface area contributed by atoms with Crippen molar-refractivity contribution in [1.82, 2.24) is 5.43 Å². The summed E-state index contributed by atoms with van der Waals surface area (Å²) in [6.45, 7) is 2.39. The number of rotatable bonds is 1. The number of benzene rings is 2. The molecule has 2 heterocycles. The first-order valence-corrected chi connectivity index (χ1v) is 10.1. The third-order valence-electron chi connectivity index (χ3n) is 3.96. The number of nitrogen functional groups attached to an aromatic ring is 1. The topological polar surface area (TPSA) is 123 Å². The van der Waals surface area contributed by atoms with Crippen LogP contribution in [0.5, 0.6) is 11.5 Å². The van der Waals surface area contributed by atoms with E-state index in [1.165, 1.54) is 5.56 Å². The van der Waals surface area contributed by atoms with Gasteiger partial charge in [-0.1, -0.05) is 12.1 Å². The van der Waals surface area contributed by atoms with Crippen molar-refractivity contribution in [3.63, 3.8) is 0 Å². The molecule has 0 saturated heterocycles. The van der Waals surface area contributed by atoms with Crippen molar-refractivity contribution in [2.75, 3.05) is 18.8 Å². The molecule has 2 aromatic rings. The zero-order chi connectivity index (χ0) is 19.6. The largest absolute Gasteiger partial charge is 0.454 e. The SMILES string of the molecule is CC1Cc2cc3c(cc2C(c2ccc(N)cc2)=NN1)OCO3.CS(=O)(=O)O. The molecular weight excluding hydrogens is 370 g/mol. The van der Waals surface area contributed by atoms with E-state index in [1.807, 2.05) is 30.3 Å². The summed E-state index contributed by atoms with van der Waals surface area (Å²) in [5.41, 5.74) is 13.9. The van der Waals surface area contributed by atoms with E-state index in [2.05, 4.69) is 23.5 Å². The minimum Gasteiger partial charge on any atom is -0.454 e. The van der Waals surface area contributed by atoms with Crippen LogP contribution in [0.3, 0.4) is 0 Å². The second-order valence-corrected chi connectivity index (χ2v) is 7.88. The van der Waals surface area contributed by atoms with Crippen LogP contribution >= 0.6 is 0 Å². The lowest BCUT2D eigenvalue weighted by atomic mass is 9.94. The Morgan fingerprint density at radius 2 is 1.78 bits per heavy atom. The van der Waals surface area contributed by atoms with Crippen molar-refractivity contribution in [3.8, 4) is 11.5 Å². The molecule has 2 aliphatic heterocycles. The van der Waals surface area contributed by atoms with Crippen molar-refractivity contribution in [2.24, 2.45) is 5.10 Å². The van der Waals surface area contributed by atoms with Crippen LogP contribution < -0.4 is 20.6 Å². The molecule has 27 heavy (non-hydrogen) atoms. The summed E-state index contributed by atoms with van der Waals surface area (Å²) >= 11 is 0. The van der Waals surface area contributed by atoms with Gasteiger partial charge >= 0.3 is 0 Å². The maximum Gasteiger partial charge on any atom is 0.261 e. The highest BCUT2D eigenvalue weighted by Gasteiger charge is 2.23. The third kappa shape index (κ3) is 4.89. The summed E-state index contributed by atoms with van der Waals surface area (Å²) in [5, 5.41) is 4.60. The highest BCUT2D eigenvalue weighted by atomic mass is 32.2. The van der Waals surface area contributed by atoms with Crippen LogP contribution in [0.2, 0.25) is 0 Å². The molecule has 0 bridgehead atoms. The normalized spacial score (nSPS) is 17.6. The maximum atomic E-state index is 9.19. The standard InChI is InChI=1S/C17H17N3O2.CH4O3S/c1-10-6-12-7-15-16(22-9-21-15)8-14(12)17(20-19-10)11-2-4-13(18)5-3-11;1-5(2,3)4/h2-5,7-8,10,19H,6,9,18H2,1H3;1H3,(H,2,3,4). The van der Waals surface area contributed by atoms with Gasteiger partial charge < -0.3 is 20.6 Å². The quantitative estimate of drug-likeness (QED) is 0.500. The van der Waals surface area contributed by atoms with Gasteiger partial charge in [-0.2, -0.15) is 13.5 Å². The molecule has 1 atom stereocenters. The lowest BCUT2D eigenvalue weighted by Crippen LogP contribution is -2.21. The summed E-state index contributed by atoms with van der Waals surface area (Å²) in [7, 11) is -3.67. The lowest BCUT2D eigenvalue weighted by molar-refractivity contribution is 0.174. The van der Waals surface area contributed by atoms with Crippen molar-refractivity contribution in [2.45, 2.75) is 19.4 Å². The first-order valence-electron chi connectivity index (χ1n) is 8.25. The highest BCUT2D eigenvalue weighted by molar-refractivity contribution is 7.85. The van der Waals surface area contributed by atoms with E-state index >= 15 is 0 Å². The Hall–Kier alpha value is -2.78. The van der Waals surface area contributed by atoms with Crippen molar-refractivity contribution in [1.29, 1.82) is 0 Å². The van der Waals surface area contributed by atoms with Crippen LogP contribution in [0.25, 0.3) is 0 Å². The molecule has 2 aromatic carbocycles. The van der Waals surface area contributed by atoms with Crippen molar-refractivity contribution < 1.29 is 22.4 Å². The van der Waals surface area contributed by atoms with Crippen molar-refractivity contribution >= 4 is 21.5 Å². The number of anilines is 1. The number of fused-ring (bicyclic) bond motifs is 2. The smallest absolute Gasteiger partial charge is 0.261 e. The van der Waals surface area contributed by atoms with Gasteiger partial charge in [0.1, 0.15) is 0 Å². The Kier molecular flexibility index (Phi) is 5.24. The molecule has 0 radical (unpaired) electrons. The molecule has 2 aliphatic rings. The Morgan fingerprint density at radius 3 is 2.41 bits per heavy atom. The van der Waals surface area contributed by atoms with Crippen LogP contribution in [0.1, 0.15) is 23.6 Å². The Morgan fingerprint density at radius 1 is 1.19 bits per heavy atom. The summed E-state index contributed by atoms with van der Waals surface area (Å²) in [6, 6.07) is 12.1. The van der Waals surface area contributed by atoms with E-state index in [0.29, 0.717) is 6.26 Å². The van der Waals surface area contributed by atoms with Crippen LogP contribution in [0.15, 0.2) is 41.5 Å². The van der Waals surface area contributed by atoms with Crippen LogP contribution in [0, 0.1) is 0 Å². The van der Waals surface area contributed by atoms with Gasteiger partial charge in [0, 0.05) is 22.9 Å². The number of nitrogens with zero attached hydrogens (tertiary/aromatic N) is 1. The van der Waals surface area contributed by atoms with Crippen molar-refractivity contribution in [3.05, 3.63) is 53.1 Å². The third-order valence-corrected chi connectivity index (χ3v) is 3.96. The van der Waals surface area contributed by atoms with Gasteiger partial charge in [-0.05, 0) is 43.2 Å². The molecule has 4 rings (SSSR count). The predicted molar refractivity (Wildman–Crippen MR) is 103 cm³/mol. The number of nitrogens with one attached hydrogen (secondary N) is 1. The second-order valence-electron chi connectivity index (χ2n) is 6.41. The van der Waals surface area contributed by atoms with Gasteiger partial charge in [0.25, 0.3) is 10.1 Å². The molecule has 0 aliphatic carbocycles. The number of hydrazone groups is 1. The number of ether oxygens (including phenoxy) is 2. The van der Waals surface area contributed by atoms with E-state index in [-0.39, 0.29) is 12.8 Å². The van der Waals surface area contributed by atoms with E-state index in [9.17, 15) is 8.42 Å². The molecular formula is C18H21N3O5S. The summed E-state index contributed by atoms with van der Waals surface area (Å²) in [4.78, 5) is 0. The molecule has 144 valence electrons. The van der Waals surface area contributed by atoms with Crippen LogP contribution in [-0.2, 0) is 16.5 Å². The van der Waals surface area contributed by atoms with E-state index in [0.717, 1.165) is 40.4 Å². The van der Waals surface area contributed by atoms with Crippen LogP contribution in [0.4, 0.5) is 5.69 Å². The van der Waals surface area contributed by atoms with Gasteiger partial charge in [0.2, 0.25) is 6.79 Å². The zero-order valence-corrected chi connectivity index (χ0v) is 15.8. The first-order chi connectivity index (χ1) is 12.7. The molecule has 9 heteroatoms. The minimum atomic E-state index is -3.67. The second kappa shape index (κ2) is 7.45. The molecule has 0 amide bonds. The predicted octanol–water partition coefficient (Wildman–Crippen LogP) is 1.79. The summed E-state index contributed by atoms with van der Waals surface area (Å²) in [5.74, 6) is 1.58. The fraction of sp³-hybridized carbons (Fsp3) is 0.278. The monoisotopic (exact) mass is 391 g/mol. The van der Waals surface area contributed by atoms with Gasteiger partial charge in [-0.15, -0.1) is 0 Å². The minimum absolute atomic E-state index is 0.255. The average Bonchev–Trinajstić information content (AvgIpc) is 2.95. The first kappa shape index (κ1) is 19.0. The number of hydrogen-bond donors (Lipinski definition) is 3. The summed E-state index contributed by atoms with van der Waals surface area (Å²) in [6.07, 6.45) is 1.60. The summed E-state index contributed by atoms with van der Waals surface area (Å²) < 4.78 is 36.9. The zero-order valence-electron chi connectivity index (χ0n) is 15.0. The fourth-order valence-electron chi connectivity index (χ4n) is 2.84. The number of nitrogens with two attached hydrogens (primary N) is 1. The Balaban J connectivity index is 0.000000376. The Labute approximate surface area is 157 Å². The van der Waals surface area contributed by atoms with E-state index in [4.69, 9.17) is 19.8 Å². The van der Waals surface area contributed by atoms with Gasteiger partial charge in [-0.25, -0.2) is 0 Å². The molecule has 0 aromatic heterocycles. The molecule has 0 spiro atoms. The molecule has 4 N–H and O–H groups in total. The van der Waals surface area contributed by atoms with E-state index < -0.39 is 10.1 Å². The lowest BCUT2D eigenvalue weighted by Gasteiger charge is -2.11. The molecule has 0 fully saturated rings. The average molecular weight is 391 g/mol. The van der Waals surface area contributed by atoms with Crippen LogP contribution in [-0.4, -0.2) is 37.8 Å². The Bertz CT molecular complexity index is 963.